The van der Waals surface area contributed by atoms with Crippen LogP contribution >= 0.6 is 0 Å². The van der Waals surface area contributed by atoms with Gasteiger partial charge in [0.15, 0.2) is 0 Å². The Morgan fingerprint density at radius 2 is 2.11 bits per heavy atom. The maximum atomic E-state index is 11.9. The number of methoxy groups -OCH3 is 1. The molecule has 0 saturated carbocycles. The molecule has 0 heterocycles. The van der Waals surface area contributed by atoms with Gasteiger partial charge in [-0.05, 0) is 18.2 Å². The number of hydrogen-bond donors (Lipinski definition) is 1. The van der Waals surface area contributed by atoms with Crippen molar-refractivity contribution in [1.82, 2.24) is 4.90 Å². The number of rotatable bonds is 5. The Bertz CT molecular complexity index is 461. The highest BCUT2D eigenvalue weighted by molar-refractivity contribution is 7.84. The quantitative estimate of drug-likeness (QED) is 0.796. The lowest BCUT2D eigenvalue weighted by molar-refractivity contribution is -0.125. The highest BCUT2D eigenvalue weighted by Gasteiger charge is 2.13. The van der Waals surface area contributed by atoms with E-state index in [4.69, 9.17) is 10.5 Å². The summed E-state index contributed by atoms with van der Waals surface area (Å²) >= 11 is 0. The molecule has 1 amide bonds. The molecule has 0 fully saturated rings. The van der Waals surface area contributed by atoms with Crippen LogP contribution in [0.1, 0.15) is 5.56 Å². The molecule has 1 atom stereocenters. The van der Waals surface area contributed by atoms with E-state index in [1.165, 1.54) is 4.90 Å². The Morgan fingerprint density at radius 1 is 1.44 bits per heavy atom. The second kappa shape index (κ2) is 6.39. The summed E-state index contributed by atoms with van der Waals surface area (Å²) in [6, 6.07) is 5.17. The molecule has 1 unspecified atom stereocenters. The van der Waals surface area contributed by atoms with E-state index in [1.54, 1.807) is 39.4 Å². The highest BCUT2D eigenvalue weighted by Crippen LogP contribution is 2.22. The van der Waals surface area contributed by atoms with Crippen molar-refractivity contribution in [1.29, 1.82) is 0 Å². The molecular weight excluding hydrogens is 252 g/mol. The monoisotopic (exact) mass is 270 g/mol. The normalized spacial score (nSPS) is 11.9. The van der Waals surface area contributed by atoms with Crippen molar-refractivity contribution in [2.75, 3.05) is 32.7 Å². The van der Waals surface area contributed by atoms with Crippen LogP contribution in [0.3, 0.4) is 0 Å². The molecule has 0 aliphatic rings. The molecule has 0 radical (unpaired) electrons. The van der Waals surface area contributed by atoms with Gasteiger partial charge in [-0.25, -0.2) is 0 Å². The number of nitrogens with zero attached hydrogens (tertiary/aromatic N) is 1. The number of nitrogen functional groups attached to an aromatic ring is 1. The van der Waals surface area contributed by atoms with Gasteiger partial charge in [0.2, 0.25) is 5.91 Å². The number of benzene rings is 1. The van der Waals surface area contributed by atoms with Crippen LogP contribution in [0.4, 0.5) is 5.69 Å². The standard InChI is InChI=1S/C12H18N2O3S/c1-14(2)12(15)8-18(16)7-9-6-10(13)4-5-11(9)17-3/h4-6H,7-8,13H2,1-3H3. The third-order valence-electron chi connectivity index (χ3n) is 2.40. The first kappa shape index (κ1) is 14.5. The smallest absolute Gasteiger partial charge is 0.234 e. The average Bonchev–Trinajstić information content (AvgIpc) is 2.28. The van der Waals surface area contributed by atoms with E-state index >= 15 is 0 Å². The summed E-state index contributed by atoms with van der Waals surface area (Å²) in [5.74, 6) is 0.740. The second-order valence-electron chi connectivity index (χ2n) is 4.09. The third kappa shape index (κ3) is 4.03. The van der Waals surface area contributed by atoms with E-state index in [1.807, 2.05) is 0 Å². The molecule has 100 valence electrons. The molecule has 1 rings (SSSR count). The van der Waals surface area contributed by atoms with E-state index in [2.05, 4.69) is 0 Å². The largest absolute Gasteiger partial charge is 0.496 e. The van der Waals surface area contributed by atoms with Crippen LogP contribution in [0.15, 0.2) is 18.2 Å². The van der Waals surface area contributed by atoms with Crippen LogP contribution in [0.2, 0.25) is 0 Å². The van der Waals surface area contributed by atoms with Crippen molar-refractivity contribution in [2.24, 2.45) is 0 Å². The SMILES string of the molecule is COc1ccc(N)cc1CS(=O)CC(=O)N(C)C. The average molecular weight is 270 g/mol. The molecule has 0 saturated heterocycles. The first-order valence-electron chi connectivity index (χ1n) is 5.41. The Labute approximate surface area is 109 Å². The second-order valence-corrected chi connectivity index (χ2v) is 5.54. The summed E-state index contributed by atoms with van der Waals surface area (Å²) in [6.07, 6.45) is 0. The maximum absolute atomic E-state index is 11.9. The molecule has 2 N–H and O–H groups in total. The number of ether oxygens (including phenoxy) is 1. The summed E-state index contributed by atoms with van der Waals surface area (Å²) in [4.78, 5) is 12.9. The fourth-order valence-electron chi connectivity index (χ4n) is 1.40. The summed E-state index contributed by atoms with van der Waals surface area (Å²) in [5.41, 5.74) is 7.01. The van der Waals surface area contributed by atoms with Crippen molar-refractivity contribution in [3.8, 4) is 5.75 Å². The minimum atomic E-state index is -1.27. The number of carbonyl (C=O) groups is 1. The first-order valence-corrected chi connectivity index (χ1v) is 6.90. The van der Waals surface area contributed by atoms with Crippen molar-refractivity contribution in [3.05, 3.63) is 23.8 Å². The maximum Gasteiger partial charge on any atom is 0.234 e. The molecule has 0 aliphatic carbocycles. The predicted molar refractivity (Wildman–Crippen MR) is 72.8 cm³/mol. The van der Waals surface area contributed by atoms with Gasteiger partial charge in [0, 0.05) is 36.1 Å². The van der Waals surface area contributed by atoms with Crippen molar-refractivity contribution < 1.29 is 13.7 Å². The molecule has 5 nitrogen and oxygen atoms in total. The fraction of sp³-hybridized carbons (Fsp3) is 0.417. The van der Waals surface area contributed by atoms with Gasteiger partial charge in [-0.15, -0.1) is 0 Å². The number of nitrogens with two attached hydrogens (primary N) is 1. The minimum Gasteiger partial charge on any atom is -0.496 e. The van der Waals surface area contributed by atoms with E-state index < -0.39 is 10.8 Å². The number of hydrogen-bond acceptors (Lipinski definition) is 4. The van der Waals surface area contributed by atoms with E-state index in [-0.39, 0.29) is 17.4 Å². The van der Waals surface area contributed by atoms with Crippen molar-refractivity contribution in [2.45, 2.75) is 5.75 Å². The topological polar surface area (TPSA) is 72.6 Å². The van der Waals surface area contributed by atoms with Gasteiger partial charge in [0.05, 0.1) is 12.9 Å². The summed E-state index contributed by atoms with van der Waals surface area (Å²) in [5, 5.41) is 0. The van der Waals surface area contributed by atoms with Crippen LogP contribution < -0.4 is 10.5 Å². The van der Waals surface area contributed by atoms with Gasteiger partial charge in [-0.3, -0.25) is 9.00 Å². The predicted octanol–water partition coefficient (Wildman–Crippen LogP) is 0.614. The Balaban J connectivity index is 2.75. The van der Waals surface area contributed by atoms with Crippen LogP contribution in [0, 0.1) is 0 Å². The molecule has 18 heavy (non-hydrogen) atoms. The van der Waals surface area contributed by atoms with E-state index in [9.17, 15) is 9.00 Å². The van der Waals surface area contributed by atoms with Gasteiger partial charge >= 0.3 is 0 Å². The zero-order valence-electron chi connectivity index (χ0n) is 10.8. The third-order valence-corrected chi connectivity index (χ3v) is 3.61. The van der Waals surface area contributed by atoms with Crippen LogP contribution in [-0.4, -0.2) is 42.0 Å². The van der Waals surface area contributed by atoms with Crippen LogP contribution in [0.5, 0.6) is 5.75 Å². The first-order chi connectivity index (χ1) is 8.43. The number of anilines is 1. The molecule has 0 spiro atoms. The zero-order chi connectivity index (χ0) is 13.7. The summed E-state index contributed by atoms with van der Waals surface area (Å²) in [6.45, 7) is 0. The number of amides is 1. The lowest BCUT2D eigenvalue weighted by atomic mass is 10.2. The van der Waals surface area contributed by atoms with Crippen LogP contribution in [0.25, 0.3) is 0 Å². The molecule has 1 aromatic rings. The summed E-state index contributed by atoms with van der Waals surface area (Å²) < 4.78 is 17.0. The van der Waals surface area contributed by atoms with Crippen LogP contribution in [-0.2, 0) is 21.3 Å². The van der Waals surface area contributed by atoms with Gasteiger partial charge in [0.1, 0.15) is 11.5 Å². The molecule has 6 heteroatoms. The van der Waals surface area contributed by atoms with Gasteiger partial charge in [-0.1, -0.05) is 0 Å². The van der Waals surface area contributed by atoms with Crippen molar-refractivity contribution >= 4 is 22.4 Å². The zero-order valence-corrected chi connectivity index (χ0v) is 11.6. The lowest BCUT2D eigenvalue weighted by Gasteiger charge is -2.11. The molecule has 0 bridgehead atoms. The van der Waals surface area contributed by atoms with Gasteiger partial charge in [0.25, 0.3) is 0 Å². The Morgan fingerprint density at radius 3 is 2.67 bits per heavy atom. The van der Waals surface area contributed by atoms with Crippen molar-refractivity contribution in [3.63, 3.8) is 0 Å². The molecule has 0 aromatic heterocycles. The molecule has 0 aliphatic heterocycles. The highest BCUT2D eigenvalue weighted by atomic mass is 32.2. The van der Waals surface area contributed by atoms with Gasteiger partial charge < -0.3 is 15.4 Å². The minimum absolute atomic E-state index is 0.00491. The number of carbonyl (C=O) groups excluding carboxylic acids is 1. The van der Waals surface area contributed by atoms with E-state index in [0.717, 1.165) is 5.56 Å². The van der Waals surface area contributed by atoms with E-state index in [0.29, 0.717) is 11.4 Å². The van der Waals surface area contributed by atoms with Gasteiger partial charge in [-0.2, -0.15) is 0 Å². The summed E-state index contributed by atoms with van der Waals surface area (Å²) in [7, 11) is 3.55. The Kier molecular flexibility index (Phi) is 5.15. The molecule has 1 aromatic carbocycles. The fourth-order valence-corrected chi connectivity index (χ4v) is 2.61. The lowest BCUT2D eigenvalue weighted by Crippen LogP contribution is -2.27. The Hall–Kier alpha value is -1.56. The molecular formula is C12H18N2O3S.